The van der Waals surface area contributed by atoms with Crippen LogP contribution in [-0.2, 0) is 13.5 Å². The van der Waals surface area contributed by atoms with Crippen LogP contribution in [0.5, 0.6) is 5.75 Å². The van der Waals surface area contributed by atoms with Crippen LogP contribution in [0, 0.1) is 13.8 Å². The van der Waals surface area contributed by atoms with E-state index in [0.717, 1.165) is 38.6 Å². The van der Waals surface area contributed by atoms with Crippen molar-refractivity contribution in [2.45, 2.75) is 20.3 Å². The van der Waals surface area contributed by atoms with E-state index in [1.165, 1.54) is 0 Å². The van der Waals surface area contributed by atoms with Crippen molar-refractivity contribution in [3.05, 3.63) is 33.7 Å². The van der Waals surface area contributed by atoms with Crippen molar-refractivity contribution in [1.29, 1.82) is 0 Å². The van der Waals surface area contributed by atoms with Crippen molar-refractivity contribution in [3.63, 3.8) is 0 Å². The normalized spacial score (nSPS) is 10.9. The van der Waals surface area contributed by atoms with E-state index in [1.807, 2.05) is 25.5 Å². The first-order chi connectivity index (χ1) is 9.49. The molecule has 0 bridgehead atoms. The summed E-state index contributed by atoms with van der Waals surface area (Å²) in [7, 11) is 3.65. The molecule has 0 unspecified atom stereocenters. The highest BCUT2D eigenvalue weighted by Crippen LogP contribution is 2.33. The van der Waals surface area contributed by atoms with E-state index in [-0.39, 0.29) is 6.61 Å². The van der Waals surface area contributed by atoms with Crippen LogP contribution in [0.1, 0.15) is 17.0 Å². The third-order valence-electron chi connectivity index (χ3n) is 3.42. The van der Waals surface area contributed by atoms with Crippen LogP contribution in [0.2, 0.25) is 0 Å². The minimum Gasteiger partial charge on any atom is -0.496 e. The molecule has 1 aromatic heterocycles. The van der Waals surface area contributed by atoms with Crippen LogP contribution >= 0.6 is 15.9 Å². The van der Waals surface area contributed by atoms with Gasteiger partial charge in [0.1, 0.15) is 16.2 Å². The van der Waals surface area contributed by atoms with Gasteiger partial charge < -0.3 is 14.4 Å². The fourth-order valence-electron chi connectivity index (χ4n) is 2.55. The molecular weight excluding hydrogens is 320 g/mol. The maximum atomic E-state index is 9.09. The minimum absolute atomic E-state index is 0.0946. The number of aryl methyl sites for hydroxylation is 2. The molecule has 0 aliphatic rings. The molecule has 0 atom stereocenters. The second-order valence-corrected chi connectivity index (χ2v) is 5.59. The van der Waals surface area contributed by atoms with Gasteiger partial charge in [-0.2, -0.15) is 0 Å². The predicted octanol–water partition coefficient (Wildman–Crippen LogP) is 3.01. The molecule has 0 aliphatic carbocycles. The largest absolute Gasteiger partial charge is 0.496 e. The van der Waals surface area contributed by atoms with Crippen molar-refractivity contribution >= 4 is 15.9 Å². The summed E-state index contributed by atoms with van der Waals surface area (Å²) < 4.78 is 8.22. The summed E-state index contributed by atoms with van der Waals surface area (Å²) in [4.78, 5) is 4.47. The third kappa shape index (κ3) is 2.60. The van der Waals surface area contributed by atoms with Gasteiger partial charge in [-0.1, -0.05) is 0 Å². The lowest BCUT2D eigenvalue weighted by Gasteiger charge is -2.12. The summed E-state index contributed by atoms with van der Waals surface area (Å²) in [5, 5.41) is 9.09. The lowest BCUT2D eigenvalue weighted by Crippen LogP contribution is -2.02. The first-order valence-corrected chi connectivity index (χ1v) is 7.26. The summed E-state index contributed by atoms with van der Waals surface area (Å²) in [5.74, 6) is 1.78. The van der Waals surface area contributed by atoms with Crippen molar-refractivity contribution in [3.8, 4) is 17.0 Å². The number of aromatic nitrogens is 2. The Morgan fingerprint density at radius 1 is 1.30 bits per heavy atom. The number of nitrogens with zero attached hydrogens (tertiary/aromatic N) is 2. The third-order valence-corrected chi connectivity index (χ3v) is 3.97. The summed E-state index contributed by atoms with van der Waals surface area (Å²) in [5.41, 5.74) is 4.30. The molecule has 2 aromatic rings. The zero-order valence-electron chi connectivity index (χ0n) is 12.2. The fourth-order valence-corrected chi connectivity index (χ4v) is 3.25. The molecule has 20 heavy (non-hydrogen) atoms. The lowest BCUT2D eigenvalue weighted by atomic mass is 10.0. The zero-order chi connectivity index (χ0) is 14.9. The Balaban J connectivity index is 2.57. The molecule has 0 saturated carbocycles. The second-order valence-electron chi connectivity index (χ2n) is 4.84. The van der Waals surface area contributed by atoms with E-state index >= 15 is 0 Å². The molecule has 0 amide bonds. The Bertz CT molecular complexity index is 612. The number of aliphatic hydroxyl groups excluding tert-OH is 1. The number of hydrogen-bond acceptors (Lipinski definition) is 3. The average Bonchev–Trinajstić information content (AvgIpc) is 2.64. The van der Waals surface area contributed by atoms with Gasteiger partial charge in [-0.05, 0) is 53.0 Å². The molecule has 5 heteroatoms. The molecule has 1 aromatic carbocycles. The van der Waals surface area contributed by atoms with Crippen LogP contribution < -0.4 is 4.74 Å². The number of hydrogen-bond donors (Lipinski definition) is 1. The Kier molecular flexibility index (Phi) is 4.50. The number of rotatable bonds is 4. The highest BCUT2D eigenvalue weighted by molar-refractivity contribution is 9.10. The van der Waals surface area contributed by atoms with Crippen LogP contribution in [-0.4, -0.2) is 28.4 Å². The van der Waals surface area contributed by atoms with E-state index in [1.54, 1.807) is 7.11 Å². The van der Waals surface area contributed by atoms with E-state index in [0.29, 0.717) is 6.42 Å². The van der Waals surface area contributed by atoms with Gasteiger partial charge >= 0.3 is 0 Å². The standard InChI is InChI=1S/C15H19BrN2O2/c1-9-7-11(8-10(2)14(9)20-4)13-15(16)17-12(5-6-19)18(13)3/h7-8,19H,5-6H2,1-4H3. The Labute approximate surface area is 127 Å². The highest BCUT2D eigenvalue weighted by atomic mass is 79.9. The van der Waals surface area contributed by atoms with Crippen LogP contribution in [0.3, 0.4) is 0 Å². The highest BCUT2D eigenvalue weighted by Gasteiger charge is 2.16. The van der Waals surface area contributed by atoms with Crippen LogP contribution in [0.4, 0.5) is 0 Å². The zero-order valence-corrected chi connectivity index (χ0v) is 13.8. The predicted molar refractivity (Wildman–Crippen MR) is 83.2 cm³/mol. The summed E-state index contributed by atoms with van der Waals surface area (Å²) in [6, 6.07) is 4.19. The van der Waals surface area contributed by atoms with E-state index in [4.69, 9.17) is 9.84 Å². The average molecular weight is 339 g/mol. The quantitative estimate of drug-likeness (QED) is 0.932. The van der Waals surface area contributed by atoms with Crippen LogP contribution in [0.25, 0.3) is 11.3 Å². The first-order valence-electron chi connectivity index (χ1n) is 6.47. The van der Waals surface area contributed by atoms with Gasteiger partial charge in [0.05, 0.1) is 19.4 Å². The molecule has 108 valence electrons. The monoisotopic (exact) mass is 338 g/mol. The van der Waals surface area contributed by atoms with Gasteiger partial charge in [0.15, 0.2) is 0 Å². The van der Waals surface area contributed by atoms with Gasteiger partial charge in [-0.3, -0.25) is 0 Å². The summed E-state index contributed by atoms with van der Waals surface area (Å²) in [6.45, 7) is 4.17. The van der Waals surface area contributed by atoms with Crippen molar-refractivity contribution < 1.29 is 9.84 Å². The number of imidazole rings is 1. The van der Waals surface area contributed by atoms with Gasteiger partial charge in [0, 0.05) is 19.0 Å². The first kappa shape index (κ1) is 15.1. The molecule has 2 rings (SSSR count). The lowest BCUT2D eigenvalue weighted by molar-refractivity contribution is 0.295. The molecule has 0 fully saturated rings. The number of halogens is 1. The molecule has 0 saturated heterocycles. The minimum atomic E-state index is 0.0946. The smallest absolute Gasteiger partial charge is 0.132 e. The number of benzene rings is 1. The molecule has 0 radical (unpaired) electrons. The summed E-state index contributed by atoms with van der Waals surface area (Å²) >= 11 is 3.51. The molecular formula is C15H19BrN2O2. The fraction of sp³-hybridized carbons (Fsp3) is 0.400. The second kappa shape index (κ2) is 5.97. The maximum absolute atomic E-state index is 9.09. The van der Waals surface area contributed by atoms with Gasteiger partial charge in [0.2, 0.25) is 0 Å². The van der Waals surface area contributed by atoms with E-state index in [9.17, 15) is 0 Å². The summed E-state index contributed by atoms with van der Waals surface area (Å²) in [6.07, 6.45) is 0.545. The molecule has 1 N–H and O–H groups in total. The van der Waals surface area contributed by atoms with Gasteiger partial charge in [0.25, 0.3) is 0 Å². The molecule has 0 aliphatic heterocycles. The van der Waals surface area contributed by atoms with Crippen molar-refractivity contribution in [2.24, 2.45) is 7.05 Å². The van der Waals surface area contributed by atoms with E-state index in [2.05, 4.69) is 33.0 Å². The van der Waals surface area contributed by atoms with Gasteiger partial charge in [-0.15, -0.1) is 0 Å². The molecule has 1 heterocycles. The van der Waals surface area contributed by atoms with Crippen molar-refractivity contribution in [1.82, 2.24) is 9.55 Å². The molecule has 0 spiro atoms. The van der Waals surface area contributed by atoms with E-state index < -0.39 is 0 Å². The van der Waals surface area contributed by atoms with Crippen molar-refractivity contribution in [2.75, 3.05) is 13.7 Å². The molecule has 4 nitrogen and oxygen atoms in total. The SMILES string of the molecule is COc1c(C)cc(-c2c(Br)nc(CCO)n2C)cc1C. The number of ether oxygens (including phenoxy) is 1. The Morgan fingerprint density at radius 3 is 2.40 bits per heavy atom. The Hall–Kier alpha value is -1.33. The Morgan fingerprint density at radius 2 is 1.90 bits per heavy atom. The number of methoxy groups -OCH3 is 1. The number of aliphatic hydroxyl groups is 1. The maximum Gasteiger partial charge on any atom is 0.132 e. The topological polar surface area (TPSA) is 47.3 Å². The van der Waals surface area contributed by atoms with Gasteiger partial charge in [-0.25, -0.2) is 4.98 Å². The van der Waals surface area contributed by atoms with Crippen LogP contribution in [0.15, 0.2) is 16.7 Å².